The van der Waals surface area contributed by atoms with E-state index in [1.807, 2.05) is 0 Å². The number of amides is 1. The quantitative estimate of drug-likeness (QED) is 0.840. The van der Waals surface area contributed by atoms with E-state index in [9.17, 15) is 14.0 Å². The number of rotatable bonds is 5. The van der Waals surface area contributed by atoms with Crippen LogP contribution < -0.4 is 10.9 Å². The summed E-state index contributed by atoms with van der Waals surface area (Å²) in [5.41, 5.74) is 0.874. The predicted octanol–water partition coefficient (Wildman–Crippen LogP) is 2.38. The molecular weight excluding hydrogens is 333 g/mol. The Morgan fingerprint density at radius 2 is 1.96 bits per heavy atom. The van der Waals surface area contributed by atoms with E-state index in [-0.39, 0.29) is 23.8 Å². The van der Waals surface area contributed by atoms with Crippen LogP contribution in [0.4, 0.5) is 4.39 Å². The fourth-order valence-corrected chi connectivity index (χ4v) is 3.90. The van der Waals surface area contributed by atoms with Crippen molar-refractivity contribution in [3.8, 4) is 11.3 Å². The Hall–Kier alpha value is -2.76. The summed E-state index contributed by atoms with van der Waals surface area (Å²) in [6.07, 6.45) is 6.84. The summed E-state index contributed by atoms with van der Waals surface area (Å²) in [6, 6.07) is 8.81. The fourth-order valence-electron chi connectivity index (χ4n) is 3.90. The second-order valence-electron chi connectivity index (χ2n) is 7.07. The van der Waals surface area contributed by atoms with E-state index >= 15 is 0 Å². The van der Waals surface area contributed by atoms with E-state index in [4.69, 9.17) is 0 Å². The van der Waals surface area contributed by atoms with Gasteiger partial charge in [-0.05, 0) is 60.9 Å². The van der Waals surface area contributed by atoms with E-state index < -0.39 is 0 Å². The molecule has 134 valence electrons. The smallest absolute Gasteiger partial charge is 0.267 e. The lowest BCUT2D eigenvalue weighted by molar-refractivity contribution is -0.122. The number of hydrogen-bond acceptors (Lipinski definition) is 3. The normalized spacial score (nSPS) is 23.3. The van der Waals surface area contributed by atoms with Crippen molar-refractivity contribution in [2.24, 2.45) is 17.8 Å². The molecule has 4 rings (SSSR count). The highest BCUT2D eigenvalue weighted by Gasteiger charge is 2.35. The van der Waals surface area contributed by atoms with Crippen LogP contribution in [0.1, 0.15) is 12.8 Å². The van der Waals surface area contributed by atoms with Crippen molar-refractivity contribution >= 4 is 5.91 Å². The van der Waals surface area contributed by atoms with Gasteiger partial charge in [0, 0.05) is 18.2 Å². The Labute approximate surface area is 150 Å². The molecule has 2 bridgehead atoms. The molecule has 1 aromatic heterocycles. The molecule has 2 aliphatic rings. The van der Waals surface area contributed by atoms with Gasteiger partial charge in [0.05, 0.1) is 5.69 Å². The van der Waals surface area contributed by atoms with E-state index in [1.165, 1.54) is 24.6 Å². The first-order valence-corrected chi connectivity index (χ1v) is 8.87. The van der Waals surface area contributed by atoms with Crippen LogP contribution in [0.25, 0.3) is 11.3 Å². The van der Waals surface area contributed by atoms with Crippen LogP contribution in [-0.4, -0.2) is 22.2 Å². The molecule has 0 radical (unpaired) electrons. The highest BCUT2D eigenvalue weighted by atomic mass is 19.1. The highest BCUT2D eigenvalue weighted by Crippen LogP contribution is 2.42. The van der Waals surface area contributed by atoms with Crippen molar-refractivity contribution in [3.63, 3.8) is 0 Å². The number of benzene rings is 1. The molecule has 6 heteroatoms. The summed E-state index contributed by atoms with van der Waals surface area (Å²) in [7, 11) is 0. The zero-order valence-corrected chi connectivity index (χ0v) is 14.3. The summed E-state index contributed by atoms with van der Waals surface area (Å²) in [4.78, 5) is 24.2. The topological polar surface area (TPSA) is 64.0 Å². The van der Waals surface area contributed by atoms with Gasteiger partial charge in [0.1, 0.15) is 12.4 Å². The van der Waals surface area contributed by atoms with Crippen molar-refractivity contribution in [1.29, 1.82) is 0 Å². The first-order chi connectivity index (χ1) is 12.6. The van der Waals surface area contributed by atoms with Crippen molar-refractivity contribution in [2.75, 3.05) is 6.54 Å². The molecular formula is C20H20FN3O2. The number of nitrogens with zero attached hydrogens (tertiary/aromatic N) is 2. The summed E-state index contributed by atoms with van der Waals surface area (Å²) >= 11 is 0. The van der Waals surface area contributed by atoms with Crippen molar-refractivity contribution in [3.05, 3.63) is 64.7 Å². The van der Waals surface area contributed by atoms with Crippen LogP contribution in [0.3, 0.4) is 0 Å². The predicted molar refractivity (Wildman–Crippen MR) is 95.7 cm³/mol. The molecule has 1 aromatic carbocycles. The SMILES string of the molecule is O=C(Cn1nc(-c2ccc(F)cc2)ccc1=O)NC[C@H]1C[C@H]2C=C[C@H]1C2. The monoisotopic (exact) mass is 353 g/mol. The third-order valence-corrected chi connectivity index (χ3v) is 5.28. The van der Waals surface area contributed by atoms with Gasteiger partial charge in [-0.1, -0.05) is 12.2 Å². The highest BCUT2D eigenvalue weighted by molar-refractivity contribution is 5.75. The van der Waals surface area contributed by atoms with Crippen molar-refractivity contribution < 1.29 is 9.18 Å². The minimum absolute atomic E-state index is 0.121. The second-order valence-corrected chi connectivity index (χ2v) is 7.07. The molecule has 26 heavy (non-hydrogen) atoms. The molecule has 1 heterocycles. The molecule has 5 nitrogen and oxygen atoms in total. The maximum Gasteiger partial charge on any atom is 0.267 e. The molecule has 1 N–H and O–H groups in total. The standard InChI is InChI=1S/C20H20FN3O2/c21-17-5-3-14(4-6-17)18-7-8-20(26)24(23-18)12-19(25)22-11-16-10-13-1-2-15(16)9-13/h1-8,13,15-16H,9-12H2,(H,22,25)/t13-,15-,16+/m0/s1. The lowest BCUT2D eigenvalue weighted by Crippen LogP contribution is -2.36. The van der Waals surface area contributed by atoms with Gasteiger partial charge in [-0.2, -0.15) is 5.10 Å². The number of halogens is 1. The van der Waals surface area contributed by atoms with Crippen molar-refractivity contribution in [1.82, 2.24) is 15.1 Å². The number of fused-ring (bicyclic) bond motifs is 2. The second kappa shape index (κ2) is 6.86. The van der Waals surface area contributed by atoms with Gasteiger partial charge in [0.15, 0.2) is 0 Å². The number of carbonyl (C=O) groups is 1. The average Bonchev–Trinajstić information content (AvgIpc) is 3.26. The summed E-state index contributed by atoms with van der Waals surface area (Å²) in [6.45, 7) is 0.515. The maximum absolute atomic E-state index is 13.1. The molecule has 1 saturated carbocycles. The van der Waals surface area contributed by atoms with Gasteiger partial charge in [0.2, 0.25) is 5.91 Å². The third kappa shape index (κ3) is 3.45. The lowest BCUT2D eigenvalue weighted by Gasteiger charge is -2.18. The Morgan fingerprint density at radius 1 is 1.15 bits per heavy atom. The van der Waals surface area contributed by atoms with E-state index in [1.54, 1.807) is 18.2 Å². The Balaban J connectivity index is 1.41. The Kier molecular flexibility index (Phi) is 4.41. The molecule has 2 aromatic rings. The van der Waals surface area contributed by atoms with Gasteiger partial charge in [-0.25, -0.2) is 9.07 Å². The van der Waals surface area contributed by atoms with Crippen LogP contribution in [-0.2, 0) is 11.3 Å². The van der Waals surface area contributed by atoms with Crippen LogP contribution in [0.5, 0.6) is 0 Å². The first-order valence-electron chi connectivity index (χ1n) is 8.87. The zero-order chi connectivity index (χ0) is 18.1. The number of nitrogens with one attached hydrogen (secondary N) is 1. The minimum atomic E-state index is -0.339. The zero-order valence-electron chi connectivity index (χ0n) is 14.3. The van der Waals surface area contributed by atoms with Crippen LogP contribution in [0, 0.1) is 23.6 Å². The molecule has 0 unspecified atom stereocenters. The minimum Gasteiger partial charge on any atom is -0.354 e. The van der Waals surface area contributed by atoms with E-state index in [0.29, 0.717) is 35.6 Å². The van der Waals surface area contributed by atoms with E-state index in [0.717, 1.165) is 11.1 Å². The molecule has 0 aliphatic heterocycles. The fraction of sp³-hybridized carbons (Fsp3) is 0.350. The third-order valence-electron chi connectivity index (χ3n) is 5.28. The molecule has 3 atom stereocenters. The van der Waals surface area contributed by atoms with Crippen LogP contribution in [0.2, 0.25) is 0 Å². The van der Waals surface area contributed by atoms with Crippen LogP contribution in [0.15, 0.2) is 53.3 Å². The van der Waals surface area contributed by atoms with Crippen LogP contribution >= 0.6 is 0 Å². The Morgan fingerprint density at radius 3 is 2.65 bits per heavy atom. The Bertz CT molecular complexity index is 904. The number of aromatic nitrogens is 2. The van der Waals surface area contributed by atoms with Gasteiger partial charge < -0.3 is 5.32 Å². The van der Waals surface area contributed by atoms with Gasteiger partial charge >= 0.3 is 0 Å². The van der Waals surface area contributed by atoms with Crippen molar-refractivity contribution in [2.45, 2.75) is 19.4 Å². The number of hydrogen-bond donors (Lipinski definition) is 1. The molecule has 1 amide bonds. The maximum atomic E-state index is 13.1. The molecule has 0 saturated heterocycles. The molecule has 1 fully saturated rings. The molecule has 2 aliphatic carbocycles. The number of carbonyl (C=O) groups excluding carboxylic acids is 1. The first kappa shape index (κ1) is 16.7. The average molecular weight is 353 g/mol. The summed E-state index contributed by atoms with van der Waals surface area (Å²) < 4.78 is 14.2. The van der Waals surface area contributed by atoms with Gasteiger partial charge in [-0.15, -0.1) is 0 Å². The summed E-state index contributed by atoms with van der Waals surface area (Å²) in [5, 5.41) is 7.17. The van der Waals surface area contributed by atoms with E-state index in [2.05, 4.69) is 22.6 Å². The van der Waals surface area contributed by atoms with Gasteiger partial charge in [-0.3, -0.25) is 9.59 Å². The molecule has 0 spiro atoms. The van der Waals surface area contributed by atoms with Gasteiger partial charge in [0.25, 0.3) is 5.56 Å². The summed E-state index contributed by atoms with van der Waals surface area (Å²) in [5.74, 6) is 1.17. The lowest BCUT2D eigenvalue weighted by atomic mass is 9.94. The largest absolute Gasteiger partial charge is 0.354 e. The number of allylic oxidation sites excluding steroid dienone is 2.